The van der Waals surface area contributed by atoms with E-state index in [2.05, 4.69) is 15.1 Å². The Balaban J connectivity index is 1.41. The molecule has 2 bridgehead atoms. The van der Waals surface area contributed by atoms with E-state index in [1.807, 2.05) is 7.05 Å². The van der Waals surface area contributed by atoms with E-state index in [-0.39, 0.29) is 18.1 Å². The van der Waals surface area contributed by atoms with Crippen molar-refractivity contribution in [2.45, 2.75) is 37.8 Å². The molecule has 0 radical (unpaired) electrons. The summed E-state index contributed by atoms with van der Waals surface area (Å²) in [5, 5.41) is 13.1. The molecule has 3 atom stereocenters. The second-order valence-electron chi connectivity index (χ2n) is 7.17. The minimum absolute atomic E-state index is 0.00424. The smallest absolute Gasteiger partial charge is 0.317 e. The number of urea groups is 1. The van der Waals surface area contributed by atoms with Gasteiger partial charge in [-0.25, -0.2) is 4.79 Å². The van der Waals surface area contributed by atoms with Gasteiger partial charge in [0.05, 0.1) is 6.10 Å². The van der Waals surface area contributed by atoms with Crippen LogP contribution in [0.15, 0.2) is 0 Å². The van der Waals surface area contributed by atoms with Crippen LogP contribution in [0.2, 0.25) is 0 Å². The third kappa shape index (κ3) is 3.73. The maximum atomic E-state index is 12.3. The third-order valence-electron chi connectivity index (χ3n) is 5.61. The van der Waals surface area contributed by atoms with Crippen LogP contribution in [0.3, 0.4) is 0 Å². The first kappa shape index (κ1) is 16.0. The molecule has 126 valence electrons. The monoisotopic (exact) mass is 310 g/mol. The number of aliphatic hydroxyl groups excluding tert-OH is 1. The molecule has 3 heterocycles. The highest BCUT2D eigenvalue weighted by Crippen LogP contribution is 2.24. The molecule has 0 aromatic heterocycles. The van der Waals surface area contributed by atoms with Crippen LogP contribution in [0.4, 0.5) is 4.79 Å². The highest BCUT2D eigenvalue weighted by atomic mass is 16.3. The van der Waals surface area contributed by atoms with Crippen molar-refractivity contribution >= 4 is 6.03 Å². The lowest BCUT2D eigenvalue weighted by Crippen LogP contribution is -2.63. The predicted octanol–water partition coefficient (Wildman–Crippen LogP) is 0.179. The molecule has 6 heteroatoms. The van der Waals surface area contributed by atoms with Crippen molar-refractivity contribution in [2.24, 2.45) is 5.92 Å². The third-order valence-corrected chi connectivity index (χ3v) is 5.61. The van der Waals surface area contributed by atoms with E-state index >= 15 is 0 Å². The molecule has 0 aromatic rings. The summed E-state index contributed by atoms with van der Waals surface area (Å²) in [6.45, 7) is 7.06. The number of amides is 2. The lowest BCUT2D eigenvalue weighted by molar-refractivity contribution is 0.0140. The number of aliphatic hydroxyl groups is 1. The van der Waals surface area contributed by atoms with Crippen LogP contribution in [-0.4, -0.2) is 90.8 Å². The van der Waals surface area contributed by atoms with Gasteiger partial charge < -0.3 is 15.3 Å². The topological polar surface area (TPSA) is 59.1 Å². The molecule has 4 rings (SSSR count). The highest BCUT2D eigenvalue weighted by Gasteiger charge is 2.32. The molecule has 0 aromatic carbocycles. The van der Waals surface area contributed by atoms with Crippen LogP contribution < -0.4 is 5.32 Å². The van der Waals surface area contributed by atoms with Crippen molar-refractivity contribution in [3.63, 3.8) is 0 Å². The molecule has 0 unspecified atom stereocenters. The van der Waals surface area contributed by atoms with Crippen molar-refractivity contribution in [3.05, 3.63) is 0 Å². The van der Waals surface area contributed by atoms with Crippen molar-refractivity contribution < 1.29 is 9.90 Å². The Labute approximate surface area is 133 Å². The largest absolute Gasteiger partial charge is 0.393 e. The molecule has 4 fully saturated rings. The van der Waals surface area contributed by atoms with E-state index in [4.69, 9.17) is 0 Å². The predicted molar refractivity (Wildman–Crippen MR) is 85.8 cm³/mol. The van der Waals surface area contributed by atoms with Crippen LogP contribution in [0.5, 0.6) is 0 Å². The molecule has 3 aliphatic heterocycles. The summed E-state index contributed by atoms with van der Waals surface area (Å²) in [7, 11) is 1.84. The minimum atomic E-state index is -0.239. The average Bonchev–Trinajstić information content (AvgIpc) is 2.55. The SMILES string of the molecule is CN(C[C@@H]1CCCC[C@H]1O)C(=O)NC[C@H]1CN2CCN1CC2. The summed E-state index contributed by atoms with van der Waals surface area (Å²) in [6, 6.07) is 0.454. The molecular weight excluding hydrogens is 280 g/mol. The first-order valence-electron chi connectivity index (χ1n) is 8.77. The van der Waals surface area contributed by atoms with E-state index in [0.29, 0.717) is 12.6 Å². The number of carbonyl (C=O) groups excluding carboxylic acids is 1. The Bertz CT molecular complexity index is 384. The summed E-state index contributed by atoms with van der Waals surface area (Å²) in [5.41, 5.74) is 0. The minimum Gasteiger partial charge on any atom is -0.393 e. The molecule has 1 saturated carbocycles. The van der Waals surface area contributed by atoms with Crippen molar-refractivity contribution in [1.29, 1.82) is 0 Å². The number of rotatable bonds is 4. The summed E-state index contributed by atoms with van der Waals surface area (Å²) < 4.78 is 0. The van der Waals surface area contributed by atoms with E-state index in [9.17, 15) is 9.90 Å². The van der Waals surface area contributed by atoms with Crippen LogP contribution in [0.25, 0.3) is 0 Å². The van der Waals surface area contributed by atoms with Gasteiger partial charge in [-0.1, -0.05) is 12.8 Å². The van der Waals surface area contributed by atoms with Crippen LogP contribution in [0.1, 0.15) is 25.7 Å². The van der Waals surface area contributed by atoms with Crippen LogP contribution in [-0.2, 0) is 0 Å². The molecular formula is C16H30N4O2. The lowest BCUT2D eigenvalue weighted by atomic mass is 9.86. The standard InChI is InChI=1S/C16H30N4O2/c1-18(11-13-4-2-3-5-15(13)21)16(22)17-10-14-12-19-6-8-20(14)9-7-19/h13-15,21H,2-12H2,1H3,(H,17,22)/t13-,14-,15+/m0/s1. The Hall–Kier alpha value is -0.850. The van der Waals surface area contributed by atoms with E-state index in [1.54, 1.807) is 4.90 Å². The van der Waals surface area contributed by atoms with Gasteiger partial charge >= 0.3 is 6.03 Å². The number of piperazine rings is 3. The Morgan fingerprint density at radius 1 is 1.23 bits per heavy atom. The molecule has 2 amide bonds. The maximum absolute atomic E-state index is 12.3. The van der Waals surface area contributed by atoms with Crippen molar-refractivity contribution in [1.82, 2.24) is 20.0 Å². The Morgan fingerprint density at radius 3 is 2.59 bits per heavy atom. The molecule has 1 aliphatic carbocycles. The van der Waals surface area contributed by atoms with Crippen LogP contribution >= 0.6 is 0 Å². The van der Waals surface area contributed by atoms with Crippen LogP contribution in [0, 0.1) is 5.92 Å². The fourth-order valence-corrected chi connectivity index (χ4v) is 4.09. The van der Waals surface area contributed by atoms with Gasteiger partial charge in [-0.2, -0.15) is 0 Å². The van der Waals surface area contributed by atoms with Gasteiger partial charge in [0.25, 0.3) is 0 Å². The van der Waals surface area contributed by atoms with E-state index < -0.39 is 0 Å². The first-order chi connectivity index (χ1) is 10.6. The zero-order chi connectivity index (χ0) is 15.5. The van der Waals surface area contributed by atoms with Crippen molar-refractivity contribution in [3.8, 4) is 0 Å². The van der Waals surface area contributed by atoms with Crippen molar-refractivity contribution in [2.75, 3.05) is 52.9 Å². The molecule has 4 aliphatic rings. The van der Waals surface area contributed by atoms with Gasteiger partial charge in [-0.05, 0) is 12.8 Å². The Morgan fingerprint density at radius 2 is 1.95 bits per heavy atom. The molecule has 22 heavy (non-hydrogen) atoms. The fourth-order valence-electron chi connectivity index (χ4n) is 4.09. The van der Waals surface area contributed by atoms with Gasteiger partial charge in [0.15, 0.2) is 0 Å². The van der Waals surface area contributed by atoms with Gasteiger partial charge in [0, 0.05) is 64.8 Å². The molecule has 3 saturated heterocycles. The molecule has 6 nitrogen and oxygen atoms in total. The molecule has 2 N–H and O–H groups in total. The lowest BCUT2D eigenvalue weighted by Gasteiger charge is -2.47. The summed E-state index contributed by atoms with van der Waals surface area (Å²) >= 11 is 0. The average molecular weight is 310 g/mol. The zero-order valence-corrected chi connectivity index (χ0v) is 13.7. The Kier molecular flexibility index (Phi) is 5.21. The second-order valence-corrected chi connectivity index (χ2v) is 7.17. The van der Waals surface area contributed by atoms with Gasteiger partial charge in [-0.15, -0.1) is 0 Å². The molecule has 0 spiro atoms. The van der Waals surface area contributed by atoms with Gasteiger partial charge in [-0.3, -0.25) is 9.80 Å². The number of fused-ring (bicyclic) bond motifs is 3. The number of hydrogen-bond acceptors (Lipinski definition) is 4. The highest BCUT2D eigenvalue weighted by molar-refractivity contribution is 5.73. The summed E-state index contributed by atoms with van der Waals surface area (Å²) in [6.07, 6.45) is 3.96. The first-order valence-corrected chi connectivity index (χ1v) is 8.77. The second kappa shape index (κ2) is 7.15. The number of carbonyl (C=O) groups is 1. The summed E-state index contributed by atoms with van der Waals surface area (Å²) in [5.74, 6) is 0.241. The number of nitrogens with one attached hydrogen (secondary N) is 1. The van der Waals surface area contributed by atoms with Gasteiger partial charge in [0.1, 0.15) is 0 Å². The normalized spacial score (nSPS) is 37.8. The number of hydrogen-bond donors (Lipinski definition) is 2. The summed E-state index contributed by atoms with van der Waals surface area (Å²) in [4.78, 5) is 19.0. The maximum Gasteiger partial charge on any atom is 0.317 e. The fraction of sp³-hybridized carbons (Fsp3) is 0.938. The van der Waals surface area contributed by atoms with E-state index in [0.717, 1.165) is 45.4 Å². The number of nitrogens with zero attached hydrogens (tertiary/aromatic N) is 3. The van der Waals surface area contributed by atoms with E-state index in [1.165, 1.54) is 19.5 Å². The zero-order valence-electron chi connectivity index (χ0n) is 13.7. The quantitative estimate of drug-likeness (QED) is 0.778. The van der Waals surface area contributed by atoms with Gasteiger partial charge in [0.2, 0.25) is 0 Å².